The van der Waals surface area contributed by atoms with Crippen molar-refractivity contribution in [3.8, 4) is 11.3 Å². The maximum atomic E-state index is 13.4. The van der Waals surface area contributed by atoms with Crippen molar-refractivity contribution in [2.75, 3.05) is 27.4 Å². The Kier molecular flexibility index (Phi) is 10.4. The number of methoxy groups -OCH3 is 2. The molecule has 0 spiro atoms. The Bertz CT molecular complexity index is 1170. The van der Waals surface area contributed by atoms with E-state index in [2.05, 4.69) is 10.6 Å². The molecule has 2 rings (SSSR count). The van der Waals surface area contributed by atoms with Crippen LogP contribution in [-0.2, 0) is 19.0 Å². The van der Waals surface area contributed by atoms with Gasteiger partial charge in [0.15, 0.2) is 5.76 Å². The summed E-state index contributed by atoms with van der Waals surface area (Å²) < 4.78 is 20.3. The lowest BCUT2D eigenvalue weighted by atomic mass is 9.98. The molecular weight excluding hydrogens is 484 g/mol. The van der Waals surface area contributed by atoms with Crippen molar-refractivity contribution >= 4 is 29.7 Å². The van der Waals surface area contributed by atoms with Gasteiger partial charge in [-0.05, 0) is 25.3 Å². The average Bonchev–Trinajstić information content (AvgIpc) is 3.30. The lowest BCUT2D eigenvalue weighted by Gasteiger charge is -2.22. The summed E-state index contributed by atoms with van der Waals surface area (Å²) in [4.78, 5) is 64.0. The van der Waals surface area contributed by atoms with Gasteiger partial charge in [-0.2, -0.15) is 0 Å². The Morgan fingerprint density at radius 2 is 1.54 bits per heavy atom. The first kappa shape index (κ1) is 29.1. The van der Waals surface area contributed by atoms with Crippen LogP contribution in [0, 0.1) is 5.92 Å². The first-order chi connectivity index (χ1) is 17.6. The molecule has 11 heteroatoms. The number of esters is 3. The van der Waals surface area contributed by atoms with Gasteiger partial charge in [0.2, 0.25) is 11.7 Å². The fourth-order valence-electron chi connectivity index (χ4n) is 3.55. The van der Waals surface area contributed by atoms with E-state index >= 15 is 0 Å². The highest BCUT2D eigenvalue weighted by Gasteiger charge is 2.37. The Hall–Kier alpha value is -4.15. The second-order valence-electron chi connectivity index (χ2n) is 8.25. The molecule has 1 unspecified atom stereocenters. The van der Waals surface area contributed by atoms with Gasteiger partial charge in [0.05, 0.1) is 26.4 Å². The minimum absolute atomic E-state index is 0.0291. The molecule has 2 N–H and O–H groups in total. The van der Waals surface area contributed by atoms with Gasteiger partial charge in [0.25, 0.3) is 5.91 Å². The zero-order valence-corrected chi connectivity index (χ0v) is 21.8. The molecular formula is C26H32N2O9. The van der Waals surface area contributed by atoms with Gasteiger partial charge in [0.1, 0.15) is 17.2 Å². The SMILES string of the molecule is CCCNC(=O)C(NC(=O)c1ccccc1-c1oc(C(=O)OCC)c(C(=O)OC)c1C(=O)OC)C(C)C. The summed E-state index contributed by atoms with van der Waals surface area (Å²) in [6, 6.07) is 5.24. The number of furan rings is 1. The summed E-state index contributed by atoms with van der Waals surface area (Å²) in [7, 11) is 2.16. The van der Waals surface area contributed by atoms with Crippen LogP contribution in [0.15, 0.2) is 28.7 Å². The minimum atomic E-state index is -1.03. The van der Waals surface area contributed by atoms with Gasteiger partial charge >= 0.3 is 17.9 Å². The summed E-state index contributed by atoms with van der Waals surface area (Å²) >= 11 is 0. The van der Waals surface area contributed by atoms with E-state index in [1.54, 1.807) is 32.9 Å². The predicted octanol–water partition coefficient (Wildman–Crippen LogP) is 2.98. The van der Waals surface area contributed by atoms with Crippen LogP contribution in [0.2, 0.25) is 0 Å². The molecule has 11 nitrogen and oxygen atoms in total. The van der Waals surface area contributed by atoms with Crippen LogP contribution in [0.5, 0.6) is 0 Å². The molecule has 1 heterocycles. The molecule has 0 bridgehead atoms. The largest absolute Gasteiger partial charge is 0.465 e. The normalized spacial score (nSPS) is 11.4. The molecule has 200 valence electrons. The molecule has 1 aromatic heterocycles. The standard InChI is InChI=1S/C26H32N2O9/c1-7-13-27-23(30)19(14(3)4)28-22(29)16-12-10-9-11-15(16)20-17(24(31)34-5)18(25(32)35-6)21(37-20)26(33)36-8-2/h9-12,14,19H,7-8,13H2,1-6H3,(H,27,30)(H,28,29). The van der Waals surface area contributed by atoms with Crippen LogP contribution in [0.3, 0.4) is 0 Å². The molecule has 0 aliphatic rings. The van der Waals surface area contributed by atoms with E-state index in [0.717, 1.165) is 20.6 Å². The molecule has 2 amide bonds. The van der Waals surface area contributed by atoms with E-state index in [1.807, 2.05) is 6.92 Å². The van der Waals surface area contributed by atoms with E-state index in [0.29, 0.717) is 6.54 Å². The monoisotopic (exact) mass is 516 g/mol. The smallest absolute Gasteiger partial charge is 0.375 e. The fraction of sp³-hybridized carbons (Fsp3) is 0.423. The second kappa shape index (κ2) is 13.2. The molecule has 2 aromatic rings. The van der Waals surface area contributed by atoms with Crippen molar-refractivity contribution < 1.29 is 42.6 Å². The highest BCUT2D eigenvalue weighted by atomic mass is 16.6. The Labute approximate surface area is 214 Å². The van der Waals surface area contributed by atoms with E-state index in [4.69, 9.17) is 18.6 Å². The number of carbonyl (C=O) groups excluding carboxylic acids is 5. The molecule has 1 atom stereocenters. The van der Waals surface area contributed by atoms with E-state index in [1.165, 1.54) is 12.1 Å². The van der Waals surface area contributed by atoms with Crippen molar-refractivity contribution in [3.05, 3.63) is 46.7 Å². The van der Waals surface area contributed by atoms with Crippen LogP contribution >= 0.6 is 0 Å². The van der Waals surface area contributed by atoms with Crippen molar-refractivity contribution in [2.45, 2.75) is 40.2 Å². The first-order valence-electron chi connectivity index (χ1n) is 11.8. The third kappa shape index (κ3) is 6.54. The number of rotatable bonds is 11. The lowest BCUT2D eigenvalue weighted by molar-refractivity contribution is -0.123. The van der Waals surface area contributed by atoms with Gasteiger partial charge in [-0.3, -0.25) is 9.59 Å². The van der Waals surface area contributed by atoms with Gasteiger partial charge < -0.3 is 29.3 Å². The molecule has 0 radical (unpaired) electrons. The zero-order chi connectivity index (χ0) is 27.7. The summed E-state index contributed by atoms with van der Waals surface area (Å²) in [6.45, 7) is 7.48. The maximum Gasteiger partial charge on any atom is 0.375 e. The van der Waals surface area contributed by atoms with Gasteiger partial charge in [-0.1, -0.05) is 39.0 Å². The van der Waals surface area contributed by atoms with Gasteiger partial charge in [0, 0.05) is 12.1 Å². The number of benzene rings is 1. The molecule has 0 saturated carbocycles. The maximum absolute atomic E-state index is 13.4. The van der Waals surface area contributed by atoms with Crippen molar-refractivity contribution in [1.82, 2.24) is 10.6 Å². The third-order valence-corrected chi connectivity index (χ3v) is 5.35. The quantitative estimate of drug-likeness (QED) is 0.339. The Morgan fingerprint density at radius 3 is 2.11 bits per heavy atom. The predicted molar refractivity (Wildman–Crippen MR) is 132 cm³/mol. The van der Waals surface area contributed by atoms with E-state index < -0.39 is 46.7 Å². The summed E-state index contributed by atoms with van der Waals surface area (Å²) in [5.41, 5.74) is -0.782. The number of hydrogen-bond donors (Lipinski definition) is 2. The topological polar surface area (TPSA) is 150 Å². The minimum Gasteiger partial charge on any atom is -0.465 e. The van der Waals surface area contributed by atoms with Crippen molar-refractivity contribution in [1.29, 1.82) is 0 Å². The average molecular weight is 517 g/mol. The summed E-state index contributed by atoms with van der Waals surface area (Å²) in [5, 5.41) is 5.49. The van der Waals surface area contributed by atoms with Crippen LogP contribution < -0.4 is 10.6 Å². The highest BCUT2D eigenvalue weighted by molar-refractivity contribution is 6.14. The molecule has 0 aliphatic heterocycles. The van der Waals surface area contributed by atoms with Crippen LogP contribution in [0.25, 0.3) is 11.3 Å². The number of amides is 2. The second-order valence-corrected chi connectivity index (χ2v) is 8.25. The molecule has 37 heavy (non-hydrogen) atoms. The van der Waals surface area contributed by atoms with Crippen molar-refractivity contribution in [3.63, 3.8) is 0 Å². The Balaban J connectivity index is 2.69. The van der Waals surface area contributed by atoms with Gasteiger partial charge in [-0.25, -0.2) is 14.4 Å². The number of nitrogens with one attached hydrogen (secondary N) is 2. The third-order valence-electron chi connectivity index (χ3n) is 5.35. The molecule has 0 fully saturated rings. The fourth-order valence-corrected chi connectivity index (χ4v) is 3.55. The number of ether oxygens (including phenoxy) is 3. The van der Waals surface area contributed by atoms with Crippen LogP contribution in [0.1, 0.15) is 75.7 Å². The van der Waals surface area contributed by atoms with Crippen LogP contribution in [-0.4, -0.2) is 63.1 Å². The zero-order valence-electron chi connectivity index (χ0n) is 21.8. The first-order valence-corrected chi connectivity index (χ1v) is 11.8. The summed E-state index contributed by atoms with van der Waals surface area (Å²) in [5.74, 6) is -5.08. The molecule has 0 saturated heterocycles. The molecule has 0 aliphatic carbocycles. The van der Waals surface area contributed by atoms with E-state index in [-0.39, 0.29) is 35.3 Å². The van der Waals surface area contributed by atoms with Gasteiger partial charge in [-0.15, -0.1) is 0 Å². The highest BCUT2D eigenvalue weighted by Crippen LogP contribution is 2.35. The van der Waals surface area contributed by atoms with Crippen LogP contribution in [0.4, 0.5) is 0 Å². The summed E-state index contributed by atoms with van der Waals surface area (Å²) in [6.07, 6.45) is 0.730. The molecule has 1 aromatic carbocycles. The Morgan fingerprint density at radius 1 is 0.919 bits per heavy atom. The van der Waals surface area contributed by atoms with E-state index in [9.17, 15) is 24.0 Å². The number of carbonyl (C=O) groups is 5. The van der Waals surface area contributed by atoms with Crippen molar-refractivity contribution in [2.24, 2.45) is 5.92 Å². The lowest BCUT2D eigenvalue weighted by Crippen LogP contribution is -2.49. The number of hydrogen-bond acceptors (Lipinski definition) is 9.